The number of halogens is 1. The van der Waals surface area contributed by atoms with Crippen LogP contribution in [0.4, 0.5) is 5.69 Å². The summed E-state index contributed by atoms with van der Waals surface area (Å²) in [5.41, 5.74) is 0.318. The van der Waals surface area contributed by atoms with Crippen LogP contribution in [0.5, 0.6) is 0 Å². The summed E-state index contributed by atoms with van der Waals surface area (Å²) < 4.78 is 1.35. The Balaban J connectivity index is 2.10. The van der Waals surface area contributed by atoms with Crippen LogP contribution in [0.3, 0.4) is 0 Å². The summed E-state index contributed by atoms with van der Waals surface area (Å²) in [6.07, 6.45) is 2.72. The van der Waals surface area contributed by atoms with Gasteiger partial charge in [-0.15, -0.1) is 0 Å². The fourth-order valence-electron chi connectivity index (χ4n) is 1.45. The molecule has 2 N–H and O–H groups in total. The predicted octanol–water partition coefficient (Wildman–Crippen LogP) is 1.27. The average Bonchev–Trinajstić information content (AvgIpc) is 2.80. The zero-order valence-electron chi connectivity index (χ0n) is 9.58. The highest BCUT2D eigenvalue weighted by Crippen LogP contribution is 2.19. The Bertz CT molecular complexity index is 612. The highest BCUT2D eigenvalue weighted by atomic mass is 35.5. The van der Waals surface area contributed by atoms with E-state index >= 15 is 0 Å². The number of nitrogens with zero attached hydrogens (tertiary/aromatic N) is 3. The van der Waals surface area contributed by atoms with E-state index in [1.165, 1.54) is 35.5 Å². The minimum atomic E-state index is -1.12. The van der Waals surface area contributed by atoms with Gasteiger partial charge in [-0.25, -0.2) is 14.5 Å². The van der Waals surface area contributed by atoms with Crippen molar-refractivity contribution in [1.82, 2.24) is 14.8 Å². The maximum atomic E-state index is 11.7. The number of benzene rings is 1. The van der Waals surface area contributed by atoms with E-state index in [9.17, 15) is 9.59 Å². The van der Waals surface area contributed by atoms with Gasteiger partial charge < -0.3 is 10.4 Å². The van der Waals surface area contributed by atoms with Crippen molar-refractivity contribution in [2.45, 2.75) is 6.54 Å². The molecule has 1 heterocycles. The van der Waals surface area contributed by atoms with Crippen molar-refractivity contribution >= 4 is 29.2 Å². The van der Waals surface area contributed by atoms with Gasteiger partial charge in [-0.2, -0.15) is 5.10 Å². The number of aromatic carboxylic acids is 1. The van der Waals surface area contributed by atoms with Gasteiger partial charge in [0.1, 0.15) is 19.2 Å². The molecule has 98 valence electrons. The summed E-state index contributed by atoms with van der Waals surface area (Å²) in [6.45, 7) is -0.0189. The Hall–Kier alpha value is -2.41. The number of carbonyl (C=O) groups excluding carboxylic acids is 1. The zero-order valence-corrected chi connectivity index (χ0v) is 10.3. The van der Waals surface area contributed by atoms with Gasteiger partial charge in [0.25, 0.3) is 0 Å². The van der Waals surface area contributed by atoms with E-state index < -0.39 is 5.97 Å². The summed E-state index contributed by atoms with van der Waals surface area (Å²) >= 11 is 5.78. The molecule has 0 aliphatic rings. The number of nitrogens with one attached hydrogen (secondary N) is 1. The molecule has 8 heteroatoms. The highest BCUT2D eigenvalue weighted by Gasteiger charge is 2.09. The lowest BCUT2D eigenvalue weighted by atomic mass is 10.2. The lowest BCUT2D eigenvalue weighted by Gasteiger charge is -2.06. The zero-order chi connectivity index (χ0) is 13.8. The number of carbonyl (C=O) groups is 2. The van der Waals surface area contributed by atoms with E-state index in [4.69, 9.17) is 16.7 Å². The lowest BCUT2D eigenvalue weighted by molar-refractivity contribution is -0.116. The second kappa shape index (κ2) is 5.49. The molecule has 19 heavy (non-hydrogen) atoms. The maximum absolute atomic E-state index is 11.7. The summed E-state index contributed by atoms with van der Waals surface area (Å²) in [6, 6.07) is 4.09. The molecular weight excluding hydrogens is 272 g/mol. The van der Waals surface area contributed by atoms with Crippen molar-refractivity contribution in [1.29, 1.82) is 0 Å². The largest absolute Gasteiger partial charge is 0.478 e. The van der Waals surface area contributed by atoms with E-state index in [0.717, 1.165) is 0 Å². The molecule has 0 aliphatic carbocycles. The molecule has 2 aromatic rings. The van der Waals surface area contributed by atoms with Crippen LogP contribution in [0.1, 0.15) is 10.4 Å². The van der Waals surface area contributed by atoms with Crippen LogP contribution in [0.2, 0.25) is 5.02 Å². The van der Waals surface area contributed by atoms with E-state index in [-0.39, 0.29) is 23.0 Å². The number of hydrogen-bond acceptors (Lipinski definition) is 4. The number of carboxylic acid groups (broad SMARTS) is 1. The van der Waals surface area contributed by atoms with E-state index in [0.29, 0.717) is 5.69 Å². The van der Waals surface area contributed by atoms with E-state index in [2.05, 4.69) is 15.4 Å². The highest BCUT2D eigenvalue weighted by molar-refractivity contribution is 6.31. The van der Waals surface area contributed by atoms with Crippen molar-refractivity contribution in [3.8, 4) is 0 Å². The summed E-state index contributed by atoms with van der Waals surface area (Å²) in [5.74, 6) is -1.47. The monoisotopic (exact) mass is 280 g/mol. The maximum Gasteiger partial charge on any atom is 0.335 e. The van der Waals surface area contributed by atoms with Gasteiger partial charge in [0.05, 0.1) is 5.56 Å². The Kier molecular flexibility index (Phi) is 3.76. The smallest absolute Gasteiger partial charge is 0.335 e. The fourth-order valence-corrected chi connectivity index (χ4v) is 1.68. The standard InChI is InChI=1S/C11H9ClN4O3/c12-8-1-7(11(18)19)2-9(3-8)15-10(17)4-16-6-13-5-14-16/h1-3,5-6H,4H2,(H,15,17)(H,18,19). The first-order valence-corrected chi connectivity index (χ1v) is 5.58. The number of anilines is 1. The number of rotatable bonds is 4. The van der Waals surface area contributed by atoms with Crippen LogP contribution in [-0.2, 0) is 11.3 Å². The van der Waals surface area contributed by atoms with Gasteiger partial charge in [0.2, 0.25) is 5.91 Å². The molecule has 0 saturated carbocycles. The average molecular weight is 281 g/mol. The van der Waals surface area contributed by atoms with Crippen molar-refractivity contribution < 1.29 is 14.7 Å². The third-order valence-electron chi connectivity index (χ3n) is 2.20. The molecule has 0 radical (unpaired) electrons. The Morgan fingerprint density at radius 3 is 2.79 bits per heavy atom. The Morgan fingerprint density at radius 2 is 2.16 bits per heavy atom. The van der Waals surface area contributed by atoms with Gasteiger partial charge in [0.15, 0.2) is 0 Å². The summed E-state index contributed by atoms with van der Waals surface area (Å²) in [5, 5.41) is 15.4. The summed E-state index contributed by atoms with van der Waals surface area (Å²) in [4.78, 5) is 26.2. The normalized spacial score (nSPS) is 10.2. The molecule has 0 spiro atoms. The minimum absolute atomic E-state index is 0.00329. The first kappa shape index (κ1) is 13.0. The number of aromatic nitrogens is 3. The van der Waals surface area contributed by atoms with Crippen LogP contribution in [-0.4, -0.2) is 31.7 Å². The number of carboxylic acids is 1. The SMILES string of the molecule is O=C(Cn1cncn1)Nc1cc(Cl)cc(C(=O)O)c1. The molecule has 1 aromatic heterocycles. The van der Waals surface area contributed by atoms with Crippen LogP contribution in [0.25, 0.3) is 0 Å². The van der Waals surface area contributed by atoms with Crippen LogP contribution in [0.15, 0.2) is 30.9 Å². The van der Waals surface area contributed by atoms with Crippen molar-refractivity contribution in [2.24, 2.45) is 0 Å². The van der Waals surface area contributed by atoms with Gasteiger partial charge >= 0.3 is 5.97 Å². The second-order valence-corrected chi connectivity index (χ2v) is 4.11. The van der Waals surface area contributed by atoms with Gasteiger partial charge in [-0.05, 0) is 18.2 Å². The molecule has 1 amide bonds. The molecule has 0 unspecified atom stereocenters. The topological polar surface area (TPSA) is 97.1 Å². The van der Waals surface area contributed by atoms with Crippen LogP contribution < -0.4 is 5.32 Å². The first-order chi connectivity index (χ1) is 9.04. The summed E-state index contributed by atoms with van der Waals surface area (Å²) in [7, 11) is 0. The molecule has 0 bridgehead atoms. The minimum Gasteiger partial charge on any atom is -0.478 e. The first-order valence-electron chi connectivity index (χ1n) is 5.21. The number of amides is 1. The molecule has 2 rings (SSSR count). The third kappa shape index (κ3) is 3.52. The molecule has 0 fully saturated rings. The molecule has 0 atom stereocenters. The van der Waals surface area contributed by atoms with Gasteiger partial charge in [-0.3, -0.25) is 4.79 Å². The third-order valence-corrected chi connectivity index (χ3v) is 2.42. The second-order valence-electron chi connectivity index (χ2n) is 3.67. The molecular formula is C11H9ClN4O3. The van der Waals surface area contributed by atoms with E-state index in [1.54, 1.807) is 0 Å². The molecule has 0 saturated heterocycles. The van der Waals surface area contributed by atoms with Crippen LogP contribution in [0, 0.1) is 0 Å². The lowest BCUT2D eigenvalue weighted by Crippen LogP contribution is -2.19. The Labute approximate surface area is 112 Å². The van der Waals surface area contributed by atoms with Crippen molar-refractivity contribution in [3.05, 3.63) is 41.4 Å². The fraction of sp³-hybridized carbons (Fsp3) is 0.0909. The van der Waals surface area contributed by atoms with Gasteiger partial charge in [-0.1, -0.05) is 11.6 Å². The quantitative estimate of drug-likeness (QED) is 0.879. The van der Waals surface area contributed by atoms with E-state index in [1.807, 2.05) is 0 Å². The van der Waals surface area contributed by atoms with Crippen molar-refractivity contribution in [2.75, 3.05) is 5.32 Å². The molecule has 7 nitrogen and oxygen atoms in total. The predicted molar refractivity (Wildman–Crippen MR) is 67.1 cm³/mol. The number of hydrogen-bond donors (Lipinski definition) is 2. The van der Waals surface area contributed by atoms with Crippen molar-refractivity contribution in [3.63, 3.8) is 0 Å². The molecule has 0 aliphatic heterocycles. The van der Waals surface area contributed by atoms with Gasteiger partial charge in [0, 0.05) is 10.7 Å². The molecule has 1 aromatic carbocycles. The van der Waals surface area contributed by atoms with Crippen LogP contribution >= 0.6 is 11.6 Å². The Morgan fingerprint density at radius 1 is 1.37 bits per heavy atom.